The minimum atomic E-state index is -1.04. The van der Waals surface area contributed by atoms with Gasteiger partial charge in [0.05, 0.1) is 5.56 Å². The van der Waals surface area contributed by atoms with Gasteiger partial charge in [0.15, 0.2) is 6.10 Å². The van der Waals surface area contributed by atoms with Crippen LogP contribution in [-0.2, 0) is 9.59 Å². The number of carbonyl (C=O) groups is 2. The van der Waals surface area contributed by atoms with Crippen molar-refractivity contribution < 1.29 is 19.4 Å². The van der Waals surface area contributed by atoms with Crippen LogP contribution in [0.1, 0.15) is 25.3 Å². The van der Waals surface area contributed by atoms with E-state index in [0.29, 0.717) is 11.3 Å². The molecule has 1 aliphatic rings. The van der Waals surface area contributed by atoms with Gasteiger partial charge in [-0.25, -0.2) is 0 Å². The highest BCUT2D eigenvalue weighted by Crippen LogP contribution is 2.28. The number of rotatable bonds is 6. The molecule has 0 unspecified atom stereocenters. The van der Waals surface area contributed by atoms with Crippen molar-refractivity contribution in [1.82, 2.24) is 4.90 Å². The van der Waals surface area contributed by atoms with Crippen LogP contribution in [0, 0.1) is 11.3 Å². The average molecular weight is 288 g/mol. The Hall–Kier alpha value is -2.55. The van der Waals surface area contributed by atoms with Crippen LogP contribution in [0.15, 0.2) is 24.3 Å². The molecule has 1 saturated carbocycles. The molecule has 0 bridgehead atoms. The Morgan fingerprint density at radius 1 is 1.48 bits per heavy atom. The average Bonchev–Trinajstić information content (AvgIpc) is 3.29. The Bertz CT molecular complexity index is 590. The van der Waals surface area contributed by atoms with Crippen LogP contribution in [0.2, 0.25) is 0 Å². The quantitative estimate of drug-likeness (QED) is 0.854. The number of carboxylic acids is 1. The Kier molecular flexibility index (Phi) is 4.43. The smallest absolute Gasteiger partial charge is 0.323 e. The minimum Gasteiger partial charge on any atom is -0.480 e. The predicted molar refractivity (Wildman–Crippen MR) is 73.6 cm³/mol. The molecule has 6 nitrogen and oxygen atoms in total. The monoisotopic (exact) mass is 288 g/mol. The molecule has 0 aliphatic heterocycles. The highest BCUT2D eigenvalue weighted by Gasteiger charge is 2.36. The molecule has 21 heavy (non-hydrogen) atoms. The van der Waals surface area contributed by atoms with Crippen molar-refractivity contribution in [2.75, 3.05) is 6.54 Å². The van der Waals surface area contributed by atoms with Crippen molar-refractivity contribution in [3.8, 4) is 11.8 Å². The number of benzene rings is 1. The second kappa shape index (κ2) is 6.27. The van der Waals surface area contributed by atoms with Crippen molar-refractivity contribution in [3.05, 3.63) is 29.8 Å². The van der Waals surface area contributed by atoms with Gasteiger partial charge >= 0.3 is 5.97 Å². The molecule has 2 rings (SSSR count). The molecule has 0 aromatic heterocycles. The molecule has 0 radical (unpaired) electrons. The lowest BCUT2D eigenvalue weighted by molar-refractivity contribution is -0.148. The third-order valence-corrected chi connectivity index (χ3v) is 3.24. The van der Waals surface area contributed by atoms with Crippen LogP contribution in [0.5, 0.6) is 5.75 Å². The maximum absolute atomic E-state index is 12.3. The van der Waals surface area contributed by atoms with Crippen LogP contribution in [-0.4, -0.2) is 40.6 Å². The first-order chi connectivity index (χ1) is 10.0. The SMILES string of the molecule is C[C@H](Oc1ccccc1C#N)C(=O)N(CC(=O)O)C1CC1. The number of carboxylic acid groups (broad SMARTS) is 1. The zero-order valence-electron chi connectivity index (χ0n) is 11.7. The zero-order valence-corrected chi connectivity index (χ0v) is 11.7. The van der Waals surface area contributed by atoms with Crippen molar-refractivity contribution in [1.29, 1.82) is 5.26 Å². The van der Waals surface area contributed by atoms with Crippen molar-refractivity contribution in [3.63, 3.8) is 0 Å². The fraction of sp³-hybridized carbons (Fsp3) is 0.400. The summed E-state index contributed by atoms with van der Waals surface area (Å²) in [6, 6.07) is 8.61. The molecule has 6 heteroatoms. The Morgan fingerprint density at radius 2 is 2.14 bits per heavy atom. The Balaban J connectivity index is 2.08. The lowest BCUT2D eigenvalue weighted by Gasteiger charge is -2.24. The number of ether oxygens (including phenoxy) is 1. The summed E-state index contributed by atoms with van der Waals surface area (Å²) < 4.78 is 5.53. The van der Waals surface area contributed by atoms with E-state index in [0.717, 1.165) is 12.8 Å². The van der Waals surface area contributed by atoms with E-state index < -0.39 is 12.1 Å². The number of aliphatic carboxylic acids is 1. The van der Waals surface area contributed by atoms with E-state index in [2.05, 4.69) is 0 Å². The summed E-state index contributed by atoms with van der Waals surface area (Å²) in [6.45, 7) is 1.24. The molecule has 1 atom stereocenters. The van der Waals surface area contributed by atoms with Crippen LogP contribution >= 0.6 is 0 Å². The summed E-state index contributed by atoms with van der Waals surface area (Å²) in [5.74, 6) is -1.08. The van der Waals surface area contributed by atoms with Gasteiger partial charge in [-0.2, -0.15) is 5.26 Å². The number of carbonyl (C=O) groups excluding carboxylic acids is 1. The molecule has 0 heterocycles. The van der Waals surface area contributed by atoms with E-state index in [9.17, 15) is 9.59 Å². The first-order valence-electron chi connectivity index (χ1n) is 6.71. The van der Waals surface area contributed by atoms with Gasteiger partial charge in [-0.1, -0.05) is 12.1 Å². The molecule has 1 aliphatic carbocycles. The van der Waals surface area contributed by atoms with E-state index in [1.165, 1.54) is 4.90 Å². The normalized spacial score (nSPS) is 14.9. The molecule has 0 spiro atoms. The summed E-state index contributed by atoms with van der Waals surface area (Å²) >= 11 is 0. The number of nitrogens with zero attached hydrogens (tertiary/aromatic N) is 2. The molecule has 1 N–H and O–H groups in total. The highest BCUT2D eigenvalue weighted by atomic mass is 16.5. The van der Waals surface area contributed by atoms with E-state index >= 15 is 0 Å². The van der Waals surface area contributed by atoms with E-state index in [1.54, 1.807) is 31.2 Å². The maximum Gasteiger partial charge on any atom is 0.323 e. The maximum atomic E-state index is 12.3. The first-order valence-corrected chi connectivity index (χ1v) is 6.71. The molecule has 1 fully saturated rings. The van der Waals surface area contributed by atoms with Gasteiger partial charge in [-0.3, -0.25) is 9.59 Å². The highest BCUT2D eigenvalue weighted by molar-refractivity contribution is 5.85. The lowest BCUT2D eigenvalue weighted by atomic mass is 10.2. The second-order valence-corrected chi connectivity index (χ2v) is 4.96. The molecule has 1 aromatic rings. The van der Waals surface area contributed by atoms with E-state index in [-0.39, 0.29) is 18.5 Å². The lowest BCUT2D eigenvalue weighted by Crippen LogP contribution is -2.44. The van der Waals surface area contributed by atoms with Gasteiger partial charge in [0.1, 0.15) is 18.4 Å². The summed E-state index contributed by atoms with van der Waals surface area (Å²) in [5, 5.41) is 17.9. The summed E-state index contributed by atoms with van der Waals surface area (Å²) in [4.78, 5) is 24.5. The van der Waals surface area contributed by atoms with Gasteiger partial charge in [-0.05, 0) is 31.9 Å². The predicted octanol–water partition coefficient (Wildman–Crippen LogP) is 1.40. The molecular formula is C15H16N2O4. The molecule has 110 valence electrons. The van der Waals surface area contributed by atoms with E-state index in [4.69, 9.17) is 15.1 Å². The summed E-state index contributed by atoms with van der Waals surface area (Å²) in [7, 11) is 0. The van der Waals surface area contributed by atoms with Gasteiger partial charge < -0.3 is 14.7 Å². The summed E-state index contributed by atoms with van der Waals surface area (Å²) in [5.41, 5.74) is 0.341. The fourth-order valence-corrected chi connectivity index (χ4v) is 2.06. The topological polar surface area (TPSA) is 90.6 Å². The number of hydrogen-bond donors (Lipinski definition) is 1. The third-order valence-electron chi connectivity index (χ3n) is 3.24. The van der Waals surface area contributed by atoms with Crippen LogP contribution in [0.25, 0.3) is 0 Å². The minimum absolute atomic E-state index is 0.00846. The van der Waals surface area contributed by atoms with Crippen molar-refractivity contribution >= 4 is 11.9 Å². The molecular weight excluding hydrogens is 272 g/mol. The van der Waals surface area contributed by atoms with Gasteiger partial charge in [0, 0.05) is 6.04 Å². The molecule has 1 aromatic carbocycles. The van der Waals surface area contributed by atoms with Crippen molar-refractivity contribution in [2.45, 2.75) is 31.9 Å². The van der Waals surface area contributed by atoms with Gasteiger partial charge in [0.25, 0.3) is 5.91 Å². The van der Waals surface area contributed by atoms with Gasteiger partial charge in [-0.15, -0.1) is 0 Å². The van der Waals surface area contributed by atoms with Crippen molar-refractivity contribution in [2.24, 2.45) is 0 Å². The van der Waals surface area contributed by atoms with Crippen LogP contribution < -0.4 is 4.74 Å². The molecule has 1 amide bonds. The summed E-state index contributed by atoms with van der Waals surface area (Å²) in [6.07, 6.45) is 0.806. The third kappa shape index (κ3) is 3.72. The number of para-hydroxylation sites is 1. The van der Waals surface area contributed by atoms with E-state index in [1.807, 2.05) is 6.07 Å². The zero-order chi connectivity index (χ0) is 15.4. The second-order valence-electron chi connectivity index (χ2n) is 4.96. The standard InChI is InChI=1S/C15H16N2O4/c1-10(21-13-5-3-2-4-11(13)8-16)15(20)17(9-14(18)19)12-6-7-12/h2-5,10,12H,6-7,9H2,1H3,(H,18,19)/t10-/m0/s1. The fourth-order valence-electron chi connectivity index (χ4n) is 2.06. The Labute approximate surface area is 122 Å². The number of hydrogen-bond acceptors (Lipinski definition) is 4. The number of nitriles is 1. The van der Waals surface area contributed by atoms with Gasteiger partial charge in [0.2, 0.25) is 0 Å². The van der Waals surface area contributed by atoms with Crippen LogP contribution in [0.3, 0.4) is 0 Å². The Morgan fingerprint density at radius 3 is 2.71 bits per heavy atom. The molecule has 0 saturated heterocycles. The van der Waals surface area contributed by atoms with Crippen LogP contribution in [0.4, 0.5) is 0 Å². The number of amides is 1. The first kappa shape index (κ1) is 14.9. The largest absolute Gasteiger partial charge is 0.480 e.